The van der Waals surface area contributed by atoms with E-state index in [0.29, 0.717) is 11.1 Å². The normalized spacial score (nSPS) is 11.9. The van der Waals surface area contributed by atoms with Crippen LogP contribution >= 0.6 is 0 Å². The second-order valence-electron chi connectivity index (χ2n) is 7.19. The van der Waals surface area contributed by atoms with Crippen LogP contribution in [-0.2, 0) is 21.9 Å². The number of benzene rings is 3. The Morgan fingerprint density at radius 2 is 1.18 bits per heavy atom. The lowest BCUT2D eigenvalue weighted by molar-refractivity contribution is -0.143. The Kier molecular flexibility index (Phi) is 7.29. The molecule has 0 bridgehead atoms. The van der Waals surface area contributed by atoms with E-state index < -0.39 is 53.6 Å². The zero-order valence-corrected chi connectivity index (χ0v) is 17.3. The molecule has 0 aliphatic rings. The molecule has 0 spiro atoms. The fourth-order valence-electron chi connectivity index (χ4n) is 3.14. The molecule has 3 rings (SSSR count). The van der Waals surface area contributed by atoms with Crippen molar-refractivity contribution in [2.24, 2.45) is 0 Å². The number of alkyl halides is 6. The SMILES string of the molecule is O=C(COC(=O)c1cc(C(F)(F)F)cc(C(F)(F)F)c1)NC(c1ccccc1)c1ccccc1. The number of esters is 1. The lowest BCUT2D eigenvalue weighted by Crippen LogP contribution is -2.33. The summed E-state index contributed by atoms with van der Waals surface area (Å²) < 4.78 is 82.7. The van der Waals surface area contributed by atoms with Crippen LogP contribution in [0.1, 0.15) is 38.7 Å². The Bertz CT molecular complexity index is 1070. The van der Waals surface area contributed by atoms with Crippen LogP contribution in [-0.4, -0.2) is 18.5 Å². The maximum Gasteiger partial charge on any atom is 0.416 e. The fraction of sp³-hybridized carbons (Fsp3) is 0.167. The highest BCUT2D eigenvalue weighted by Crippen LogP contribution is 2.36. The molecule has 0 atom stereocenters. The van der Waals surface area contributed by atoms with Gasteiger partial charge in [0.05, 0.1) is 22.7 Å². The van der Waals surface area contributed by atoms with Gasteiger partial charge in [-0.2, -0.15) is 26.3 Å². The maximum atomic E-state index is 13.0. The van der Waals surface area contributed by atoms with E-state index in [1.54, 1.807) is 60.7 Å². The number of hydrogen-bond donors (Lipinski definition) is 1. The highest BCUT2D eigenvalue weighted by atomic mass is 19.4. The van der Waals surface area contributed by atoms with Crippen molar-refractivity contribution >= 4 is 11.9 Å². The lowest BCUT2D eigenvalue weighted by atomic mass is 9.99. The molecule has 0 saturated heterocycles. The molecule has 34 heavy (non-hydrogen) atoms. The van der Waals surface area contributed by atoms with Crippen molar-refractivity contribution in [2.45, 2.75) is 18.4 Å². The molecule has 0 aromatic heterocycles. The van der Waals surface area contributed by atoms with E-state index in [1.807, 2.05) is 0 Å². The van der Waals surface area contributed by atoms with Crippen molar-refractivity contribution in [1.82, 2.24) is 5.32 Å². The minimum atomic E-state index is -5.12. The number of carbonyl (C=O) groups excluding carboxylic acids is 2. The first-order valence-electron chi connectivity index (χ1n) is 9.81. The Morgan fingerprint density at radius 1 is 0.735 bits per heavy atom. The molecule has 1 amide bonds. The summed E-state index contributed by atoms with van der Waals surface area (Å²) in [6, 6.07) is 17.3. The van der Waals surface area contributed by atoms with E-state index >= 15 is 0 Å². The molecular formula is C24H17F6NO3. The molecule has 3 aromatic carbocycles. The highest BCUT2D eigenvalue weighted by molar-refractivity contribution is 5.92. The monoisotopic (exact) mass is 481 g/mol. The van der Waals surface area contributed by atoms with Gasteiger partial charge in [0.1, 0.15) is 0 Å². The van der Waals surface area contributed by atoms with E-state index in [9.17, 15) is 35.9 Å². The molecule has 0 fully saturated rings. The van der Waals surface area contributed by atoms with Gasteiger partial charge >= 0.3 is 18.3 Å². The van der Waals surface area contributed by atoms with Crippen LogP contribution in [0.15, 0.2) is 78.9 Å². The second-order valence-corrected chi connectivity index (χ2v) is 7.19. The summed E-state index contributed by atoms with van der Waals surface area (Å²) in [4.78, 5) is 24.6. The average molecular weight is 481 g/mol. The van der Waals surface area contributed by atoms with E-state index in [4.69, 9.17) is 4.74 Å². The number of rotatable bonds is 6. The Morgan fingerprint density at radius 3 is 1.59 bits per heavy atom. The largest absolute Gasteiger partial charge is 0.452 e. The molecule has 4 nitrogen and oxygen atoms in total. The maximum absolute atomic E-state index is 13.0. The third-order valence-corrected chi connectivity index (χ3v) is 4.73. The second kappa shape index (κ2) is 9.98. The summed E-state index contributed by atoms with van der Waals surface area (Å²) in [7, 11) is 0. The number of hydrogen-bond acceptors (Lipinski definition) is 3. The molecule has 0 unspecified atom stereocenters. The lowest BCUT2D eigenvalue weighted by Gasteiger charge is -2.20. The Balaban J connectivity index is 1.76. The molecule has 1 N–H and O–H groups in total. The zero-order chi connectivity index (χ0) is 24.9. The van der Waals surface area contributed by atoms with E-state index in [-0.39, 0.29) is 18.2 Å². The summed E-state index contributed by atoms with van der Waals surface area (Å²) >= 11 is 0. The van der Waals surface area contributed by atoms with E-state index in [2.05, 4.69) is 5.32 Å². The van der Waals surface area contributed by atoms with Crippen LogP contribution in [0.3, 0.4) is 0 Å². The summed E-state index contributed by atoms with van der Waals surface area (Å²) in [6.07, 6.45) is -10.2. The van der Waals surface area contributed by atoms with Crippen LogP contribution in [0.2, 0.25) is 0 Å². The van der Waals surface area contributed by atoms with Crippen molar-refractivity contribution in [3.05, 3.63) is 107 Å². The van der Waals surface area contributed by atoms with Gasteiger partial charge in [-0.05, 0) is 29.3 Å². The molecule has 0 saturated carbocycles. The summed E-state index contributed by atoms with van der Waals surface area (Å²) in [5.41, 5.74) is -2.88. The van der Waals surface area contributed by atoms with Crippen LogP contribution in [0.25, 0.3) is 0 Å². The molecule has 3 aromatic rings. The summed E-state index contributed by atoms with van der Waals surface area (Å²) in [5, 5.41) is 2.65. The Hall–Kier alpha value is -3.82. The van der Waals surface area contributed by atoms with Crippen molar-refractivity contribution in [1.29, 1.82) is 0 Å². The average Bonchev–Trinajstić information content (AvgIpc) is 2.80. The summed E-state index contributed by atoms with van der Waals surface area (Å²) in [5.74, 6) is -2.29. The van der Waals surface area contributed by atoms with Crippen LogP contribution in [0.4, 0.5) is 26.3 Å². The minimum absolute atomic E-state index is 0.103. The smallest absolute Gasteiger partial charge is 0.416 e. The van der Waals surface area contributed by atoms with Gasteiger partial charge in [-0.15, -0.1) is 0 Å². The quantitative estimate of drug-likeness (QED) is 0.358. The van der Waals surface area contributed by atoms with Gasteiger partial charge in [-0.1, -0.05) is 60.7 Å². The molecule has 178 valence electrons. The molecular weight excluding hydrogens is 464 g/mol. The molecule has 0 aliphatic heterocycles. The predicted molar refractivity (Wildman–Crippen MR) is 110 cm³/mol. The van der Waals surface area contributed by atoms with Gasteiger partial charge in [0.15, 0.2) is 6.61 Å². The number of nitrogens with one attached hydrogen (secondary N) is 1. The van der Waals surface area contributed by atoms with Crippen molar-refractivity contribution in [3.8, 4) is 0 Å². The van der Waals surface area contributed by atoms with Gasteiger partial charge < -0.3 is 10.1 Å². The minimum Gasteiger partial charge on any atom is -0.452 e. The van der Waals surface area contributed by atoms with Gasteiger partial charge in [0.2, 0.25) is 0 Å². The third-order valence-electron chi connectivity index (χ3n) is 4.73. The van der Waals surface area contributed by atoms with Gasteiger partial charge in [0, 0.05) is 0 Å². The number of carbonyl (C=O) groups is 2. The fourth-order valence-corrected chi connectivity index (χ4v) is 3.14. The van der Waals surface area contributed by atoms with Crippen molar-refractivity contribution in [3.63, 3.8) is 0 Å². The number of halogens is 6. The van der Waals surface area contributed by atoms with Crippen LogP contribution in [0.5, 0.6) is 0 Å². The first-order chi connectivity index (χ1) is 15.9. The van der Waals surface area contributed by atoms with E-state index in [1.165, 1.54) is 0 Å². The molecule has 0 heterocycles. The topological polar surface area (TPSA) is 55.4 Å². The molecule has 0 aliphatic carbocycles. The molecule has 0 radical (unpaired) electrons. The first kappa shape index (κ1) is 24.8. The number of amides is 1. The van der Waals surface area contributed by atoms with Crippen molar-refractivity contribution in [2.75, 3.05) is 6.61 Å². The predicted octanol–water partition coefficient (Wildman–Crippen LogP) is 5.79. The van der Waals surface area contributed by atoms with Crippen LogP contribution in [0, 0.1) is 0 Å². The van der Waals surface area contributed by atoms with Gasteiger partial charge in [-0.25, -0.2) is 4.79 Å². The van der Waals surface area contributed by atoms with E-state index in [0.717, 1.165) is 0 Å². The first-order valence-corrected chi connectivity index (χ1v) is 9.81. The van der Waals surface area contributed by atoms with Crippen molar-refractivity contribution < 1.29 is 40.7 Å². The Labute approximate surface area is 190 Å². The highest BCUT2D eigenvalue weighted by Gasteiger charge is 2.37. The van der Waals surface area contributed by atoms with Crippen LogP contribution < -0.4 is 5.32 Å². The zero-order valence-electron chi connectivity index (χ0n) is 17.3. The van der Waals surface area contributed by atoms with Gasteiger partial charge in [-0.3, -0.25) is 4.79 Å². The number of ether oxygens (including phenoxy) is 1. The van der Waals surface area contributed by atoms with Gasteiger partial charge in [0.25, 0.3) is 5.91 Å². The third kappa shape index (κ3) is 6.37. The summed E-state index contributed by atoms with van der Waals surface area (Å²) in [6.45, 7) is -0.910. The standard InChI is InChI=1S/C24H17F6NO3/c25-23(26,27)18-11-17(12-19(13-18)24(28,29)30)22(33)34-14-20(32)31-21(15-7-3-1-4-8-15)16-9-5-2-6-10-16/h1-13,21H,14H2,(H,31,32). The molecule has 10 heteroatoms.